The summed E-state index contributed by atoms with van der Waals surface area (Å²) in [5.74, 6) is 2.55. The molecular weight excluding hydrogens is 198 g/mol. The molecule has 0 saturated heterocycles. The van der Waals surface area contributed by atoms with Crippen molar-refractivity contribution in [2.75, 3.05) is 6.54 Å². The molecule has 16 heavy (non-hydrogen) atoms. The van der Waals surface area contributed by atoms with Crippen molar-refractivity contribution >= 4 is 5.91 Å². The van der Waals surface area contributed by atoms with Crippen LogP contribution in [0.3, 0.4) is 0 Å². The second-order valence-corrected chi connectivity index (χ2v) is 5.47. The molecule has 94 valence electrons. The molecule has 0 aromatic rings. The third kappa shape index (κ3) is 3.23. The molecule has 0 aromatic heterocycles. The first-order valence-electron chi connectivity index (χ1n) is 6.87. The average molecular weight is 225 g/mol. The fraction of sp³-hybridized carbons (Fsp3) is 0.929. The van der Waals surface area contributed by atoms with E-state index in [0.29, 0.717) is 23.7 Å². The number of amides is 1. The van der Waals surface area contributed by atoms with Crippen LogP contribution in [0.25, 0.3) is 0 Å². The molecule has 0 radical (unpaired) electrons. The van der Waals surface area contributed by atoms with Gasteiger partial charge in [-0.05, 0) is 37.5 Å². The summed E-state index contributed by atoms with van der Waals surface area (Å²) < 4.78 is 0. The minimum Gasteiger partial charge on any atom is -0.356 e. The number of rotatable bonds is 4. The smallest absolute Gasteiger partial charge is 0.223 e. The minimum absolute atomic E-state index is 0.263. The zero-order chi connectivity index (χ0) is 12.1. The van der Waals surface area contributed by atoms with Crippen LogP contribution < -0.4 is 5.32 Å². The Kier molecular flexibility index (Phi) is 5.30. The third-order valence-electron chi connectivity index (χ3n) is 4.23. The van der Waals surface area contributed by atoms with Gasteiger partial charge in [-0.1, -0.05) is 33.6 Å². The molecule has 1 aliphatic rings. The van der Waals surface area contributed by atoms with Gasteiger partial charge in [0, 0.05) is 12.5 Å². The van der Waals surface area contributed by atoms with Crippen LogP contribution in [0, 0.1) is 23.7 Å². The zero-order valence-corrected chi connectivity index (χ0v) is 11.3. The zero-order valence-electron chi connectivity index (χ0n) is 11.3. The quantitative estimate of drug-likeness (QED) is 0.782. The average Bonchev–Trinajstić information content (AvgIpc) is 2.28. The highest BCUT2D eigenvalue weighted by Gasteiger charge is 2.35. The normalized spacial score (nSPS) is 32.1. The van der Waals surface area contributed by atoms with Crippen LogP contribution in [0.5, 0.6) is 0 Å². The first-order chi connectivity index (χ1) is 7.60. The number of hydrogen-bond donors (Lipinski definition) is 1. The largest absolute Gasteiger partial charge is 0.356 e. The second kappa shape index (κ2) is 6.27. The molecule has 2 nitrogen and oxygen atoms in total. The number of carbonyl (C=O) groups excluding carboxylic acids is 1. The van der Waals surface area contributed by atoms with Gasteiger partial charge in [0.2, 0.25) is 5.91 Å². The van der Waals surface area contributed by atoms with E-state index in [2.05, 4.69) is 26.1 Å². The maximum absolute atomic E-state index is 12.1. The summed E-state index contributed by atoms with van der Waals surface area (Å²) in [7, 11) is 0. The molecule has 1 saturated carbocycles. The standard InChI is InChI=1S/C14H27NO/c1-5-11(4)12-8-7-10(3)9-13(12)14(16)15-6-2/h10-13H,5-9H2,1-4H3,(H,15,16). The highest BCUT2D eigenvalue weighted by Crippen LogP contribution is 2.39. The third-order valence-corrected chi connectivity index (χ3v) is 4.23. The molecule has 0 spiro atoms. The Morgan fingerprint density at radius 3 is 2.62 bits per heavy atom. The fourth-order valence-electron chi connectivity index (χ4n) is 2.99. The van der Waals surface area contributed by atoms with Gasteiger partial charge in [-0.2, -0.15) is 0 Å². The lowest BCUT2D eigenvalue weighted by molar-refractivity contribution is -0.129. The topological polar surface area (TPSA) is 29.1 Å². The molecule has 4 unspecified atom stereocenters. The van der Waals surface area contributed by atoms with Crippen LogP contribution in [0.15, 0.2) is 0 Å². The minimum atomic E-state index is 0.263. The van der Waals surface area contributed by atoms with E-state index in [-0.39, 0.29) is 5.92 Å². The van der Waals surface area contributed by atoms with Crippen molar-refractivity contribution < 1.29 is 4.79 Å². The van der Waals surface area contributed by atoms with E-state index < -0.39 is 0 Å². The summed E-state index contributed by atoms with van der Waals surface area (Å²) >= 11 is 0. The van der Waals surface area contributed by atoms with Gasteiger partial charge >= 0.3 is 0 Å². The maximum Gasteiger partial charge on any atom is 0.223 e. The highest BCUT2D eigenvalue weighted by molar-refractivity contribution is 5.79. The van der Waals surface area contributed by atoms with Crippen LogP contribution in [0.1, 0.15) is 53.4 Å². The van der Waals surface area contributed by atoms with Crippen molar-refractivity contribution in [2.24, 2.45) is 23.7 Å². The monoisotopic (exact) mass is 225 g/mol. The van der Waals surface area contributed by atoms with Gasteiger partial charge in [-0.15, -0.1) is 0 Å². The van der Waals surface area contributed by atoms with Crippen LogP contribution in [-0.2, 0) is 4.79 Å². The van der Waals surface area contributed by atoms with Gasteiger partial charge in [-0.3, -0.25) is 4.79 Å². The maximum atomic E-state index is 12.1. The number of carbonyl (C=O) groups is 1. The molecule has 0 aliphatic heterocycles. The summed E-state index contributed by atoms with van der Waals surface area (Å²) in [5.41, 5.74) is 0. The second-order valence-electron chi connectivity index (χ2n) is 5.47. The first-order valence-corrected chi connectivity index (χ1v) is 6.87. The molecule has 0 heterocycles. The Morgan fingerprint density at radius 2 is 2.06 bits per heavy atom. The van der Waals surface area contributed by atoms with Gasteiger partial charge < -0.3 is 5.32 Å². The van der Waals surface area contributed by atoms with E-state index in [0.717, 1.165) is 13.0 Å². The van der Waals surface area contributed by atoms with E-state index in [4.69, 9.17) is 0 Å². The molecule has 0 bridgehead atoms. The molecular formula is C14H27NO. The lowest BCUT2D eigenvalue weighted by atomic mass is 9.68. The summed E-state index contributed by atoms with van der Waals surface area (Å²) in [4.78, 5) is 12.1. The molecule has 1 rings (SSSR count). The van der Waals surface area contributed by atoms with E-state index >= 15 is 0 Å². The molecule has 4 atom stereocenters. The van der Waals surface area contributed by atoms with Gasteiger partial charge in [0.1, 0.15) is 0 Å². The summed E-state index contributed by atoms with van der Waals surface area (Å²) in [5, 5.41) is 3.01. The lowest BCUT2D eigenvalue weighted by Crippen LogP contribution is -2.40. The van der Waals surface area contributed by atoms with Crippen molar-refractivity contribution in [2.45, 2.75) is 53.4 Å². The lowest BCUT2D eigenvalue weighted by Gasteiger charge is -2.37. The SMILES string of the molecule is CCNC(=O)C1CC(C)CCC1C(C)CC. The van der Waals surface area contributed by atoms with Gasteiger partial charge in [0.05, 0.1) is 0 Å². The van der Waals surface area contributed by atoms with E-state index in [1.807, 2.05) is 6.92 Å². The van der Waals surface area contributed by atoms with E-state index in [1.54, 1.807) is 0 Å². The van der Waals surface area contributed by atoms with Gasteiger partial charge in [-0.25, -0.2) is 0 Å². The van der Waals surface area contributed by atoms with E-state index in [9.17, 15) is 4.79 Å². The summed E-state index contributed by atoms with van der Waals surface area (Å²) in [6, 6.07) is 0. The Hall–Kier alpha value is -0.530. The van der Waals surface area contributed by atoms with Crippen molar-refractivity contribution in [1.82, 2.24) is 5.32 Å². The predicted molar refractivity (Wildman–Crippen MR) is 68.1 cm³/mol. The Balaban J connectivity index is 2.68. The first kappa shape index (κ1) is 13.5. The molecule has 1 N–H and O–H groups in total. The summed E-state index contributed by atoms with van der Waals surface area (Å²) in [6.45, 7) is 9.57. The van der Waals surface area contributed by atoms with Crippen molar-refractivity contribution in [1.29, 1.82) is 0 Å². The Bertz CT molecular complexity index is 227. The molecule has 2 heteroatoms. The van der Waals surface area contributed by atoms with Crippen molar-refractivity contribution in [3.8, 4) is 0 Å². The van der Waals surface area contributed by atoms with Crippen LogP contribution >= 0.6 is 0 Å². The molecule has 1 fully saturated rings. The summed E-state index contributed by atoms with van der Waals surface area (Å²) in [6.07, 6.45) is 4.80. The Labute approximate surface area is 100 Å². The molecule has 0 aromatic carbocycles. The number of hydrogen-bond acceptors (Lipinski definition) is 1. The van der Waals surface area contributed by atoms with Crippen molar-refractivity contribution in [3.05, 3.63) is 0 Å². The van der Waals surface area contributed by atoms with E-state index in [1.165, 1.54) is 19.3 Å². The predicted octanol–water partition coefficient (Wildman–Crippen LogP) is 3.22. The Morgan fingerprint density at radius 1 is 1.38 bits per heavy atom. The fourth-order valence-corrected chi connectivity index (χ4v) is 2.99. The van der Waals surface area contributed by atoms with Crippen LogP contribution in [0.2, 0.25) is 0 Å². The van der Waals surface area contributed by atoms with Crippen LogP contribution in [0.4, 0.5) is 0 Å². The number of nitrogens with one attached hydrogen (secondary N) is 1. The molecule has 1 amide bonds. The van der Waals surface area contributed by atoms with Gasteiger partial charge in [0.25, 0.3) is 0 Å². The highest BCUT2D eigenvalue weighted by atomic mass is 16.1. The van der Waals surface area contributed by atoms with Gasteiger partial charge in [0.15, 0.2) is 0 Å². The van der Waals surface area contributed by atoms with Crippen LogP contribution in [-0.4, -0.2) is 12.5 Å². The van der Waals surface area contributed by atoms with Crippen molar-refractivity contribution in [3.63, 3.8) is 0 Å². The molecule has 1 aliphatic carbocycles.